The summed E-state index contributed by atoms with van der Waals surface area (Å²) in [5, 5.41) is 9.85. The lowest BCUT2D eigenvalue weighted by molar-refractivity contribution is -0.105. The van der Waals surface area contributed by atoms with Crippen LogP contribution in [0.5, 0.6) is 5.88 Å². The third-order valence-electron chi connectivity index (χ3n) is 9.48. The van der Waals surface area contributed by atoms with Crippen LogP contribution < -0.4 is 10.1 Å². The molecule has 1 atom stereocenters. The molecule has 13 heteroatoms. The average molecular weight is 744 g/mol. The van der Waals surface area contributed by atoms with E-state index in [9.17, 15) is 13.6 Å². The molecule has 5 heterocycles. The van der Waals surface area contributed by atoms with E-state index in [4.69, 9.17) is 31.0 Å². The number of H-pyrrole nitrogens is 2. The topological polar surface area (TPSA) is 121 Å². The van der Waals surface area contributed by atoms with Gasteiger partial charge >= 0.3 is 0 Å². The Morgan fingerprint density at radius 3 is 2.51 bits per heavy atom. The Hall–Kier alpha value is -4.91. The van der Waals surface area contributed by atoms with Crippen molar-refractivity contribution in [3.63, 3.8) is 0 Å². The van der Waals surface area contributed by atoms with Crippen molar-refractivity contribution in [1.29, 1.82) is 0 Å². The van der Waals surface area contributed by atoms with E-state index in [2.05, 4.69) is 63.5 Å². The monoisotopic (exact) mass is 743 g/mol. The zero-order chi connectivity index (χ0) is 37.5. The van der Waals surface area contributed by atoms with Gasteiger partial charge in [-0.05, 0) is 108 Å². The molecule has 2 saturated heterocycles. The molecule has 0 unspecified atom stereocenters. The zero-order valence-electron chi connectivity index (χ0n) is 30.3. The maximum atomic E-state index is 14.0. The Morgan fingerprint density at radius 2 is 1.81 bits per heavy atom. The molecule has 3 aromatic carbocycles. The first-order chi connectivity index (χ1) is 25.6. The van der Waals surface area contributed by atoms with Crippen LogP contribution in [0, 0.1) is 32.4 Å². The van der Waals surface area contributed by atoms with Gasteiger partial charge in [-0.2, -0.15) is 5.10 Å². The second-order valence-corrected chi connectivity index (χ2v) is 14.0. The van der Waals surface area contributed by atoms with E-state index in [1.807, 2.05) is 19.1 Å². The second-order valence-electron chi connectivity index (χ2n) is 13.5. The molecule has 53 heavy (non-hydrogen) atoms. The number of ether oxygens (including phenoxy) is 2. The van der Waals surface area contributed by atoms with Gasteiger partial charge in [0, 0.05) is 40.6 Å². The molecule has 3 aromatic heterocycles. The summed E-state index contributed by atoms with van der Waals surface area (Å²) < 4.78 is 38.5. The normalized spacial score (nSPS) is 15.9. The third-order valence-corrected chi connectivity index (χ3v) is 9.72. The number of carbonyl (C=O) groups is 1. The van der Waals surface area contributed by atoms with Crippen molar-refractivity contribution in [2.24, 2.45) is 0 Å². The van der Waals surface area contributed by atoms with E-state index >= 15 is 0 Å². The van der Waals surface area contributed by atoms with Crippen molar-refractivity contribution in [2.45, 2.75) is 72.1 Å². The highest BCUT2D eigenvalue weighted by Crippen LogP contribution is 2.30. The Labute approximate surface area is 312 Å². The lowest BCUT2D eigenvalue weighted by Gasteiger charge is -2.31. The van der Waals surface area contributed by atoms with Crippen LogP contribution in [0.25, 0.3) is 21.9 Å². The van der Waals surface area contributed by atoms with Crippen molar-refractivity contribution in [2.75, 3.05) is 25.0 Å². The van der Waals surface area contributed by atoms with Crippen LogP contribution in [0.2, 0.25) is 5.02 Å². The fourth-order valence-electron chi connectivity index (χ4n) is 6.37. The number of nitrogens with one attached hydrogen (secondary N) is 3. The van der Waals surface area contributed by atoms with Crippen molar-refractivity contribution in [1.82, 2.24) is 30.0 Å². The van der Waals surface area contributed by atoms with Crippen molar-refractivity contribution < 1.29 is 23.0 Å². The minimum absolute atomic E-state index is 0.120. The highest BCUT2D eigenvalue weighted by molar-refractivity contribution is 6.30. The number of amides is 1. The number of rotatable bonds is 8. The van der Waals surface area contributed by atoms with Crippen LogP contribution in [0.1, 0.15) is 66.0 Å². The second kappa shape index (κ2) is 17.3. The van der Waals surface area contributed by atoms with Gasteiger partial charge in [-0.15, -0.1) is 0 Å². The number of likely N-dealkylation sites (tertiary alicyclic amines) is 1. The molecule has 8 rings (SSSR count). The van der Waals surface area contributed by atoms with Crippen LogP contribution in [-0.2, 0) is 22.7 Å². The number of halogens is 3. The Kier molecular flexibility index (Phi) is 12.3. The number of aryl methyl sites for hydroxylation is 3. The number of aromatic nitrogens is 5. The molecule has 0 bridgehead atoms. The van der Waals surface area contributed by atoms with Gasteiger partial charge in [-0.3, -0.25) is 14.8 Å². The van der Waals surface area contributed by atoms with E-state index in [-0.39, 0.29) is 18.1 Å². The number of benzene rings is 3. The minimum Gasteiger partial charge on any atom is -0.473 e. The molecule has 3 N–H and O–H groups in total. The molecule has 10 nitrogen and oxygen atoms in total. The molecule has 0 radical (unpaired) electrons. The largest absolute Gasteiger partial charge is 0.473 e. The number of fused-ring (bicyclic) bond motifs is 2. The van der Waals surface area contributed by atoms with Crippen LogP contribution in [0.3, 0.4) is 0 Å². The molecule has 2 aliphatic heterocycles. The summed E-state index contributed by atoms with van der Waals surface area (Å²) in [6.45, 7) is 11.6. The number of carbonyl (C=O) groups excluding carboxylic acids is 1. The van der Waals surface area contributed by atoms with Crippen LogP contribution in [-0.4, -0.2) is 62.3 Å². The summed E-state index contributed by atoms with van der Waals surface area (Å²) >= 11 is 5.82. The molecular weight excluding hydrogens is 700 g/mol. The first-order valence-electron chi connectivity index (χ1n) is 17.7. The molecule has 2 fully saturated rings. The maximum absolute atomic E-state index is 14.0. The quantitative estimate of drug-likeness (QED) is 0.133. The lowest BCUT2D eigenvalue weighted by atomic mass is 9.93. The van der Waals surface area contributed by atoms with E-state index in [0.29, 0.717) is 51.5 Å². The predicted molar refractivity (Wildman–Crippen MR) is 203 cm³/mol. The smallest absolute Gasteiger partial charge is 0.213 e. The third kappa shape index (κ3) is 9.56. The zero-order valence-corrected chi connectivity index (χ0v) is 31.1. The van der Waals surface area contributed by atoms with Gasteiger partial charge in [0.05, 0.1) is 40.3 Å². The highest BCUT2D eigenvalue weighted by atomic mass is 35.5. The Morgan fingerprint density at radius 1 is 1.04 bits per heavy atom. The van der Waals surface area contributed by atoms with E-state index in [1.54, 1.807) is 25.1 Å². The van der Waals surface area contributed by atoms with Gasteiger partial charge in [0.15, 0.2) is 5.82 Å². The summed E-state index contributed by atoms with van der Waals surface area (Å²) in [5.74, 6) is 1.09. The molecular formula is C40H44ClF2N7O3. The van der Waals surface area contributed by atoms with E-state index in [1.165, 1.54) is 18.1 Å². The van der Waals surface area contributed by atoms with Gasteiger partial charge in [0.25, 0.3) is 0 Å². The number of imidazole rings is 1. The molecule has 0 saturated carbocycles. The fourth-order valence-corrected chi connectivity index (χ4v) is 6.53. The van der Waals surface area contributed by atoms with Gasteiger partial charge in [0.2, 0.25) is 12.3 Å². The number of pyridine rings is 1. The van der Waals surface area contributed by atoms with Crippen LogP contribution in [0.4, 0.5) is 14.5 Å². The number of hydrogen-bond acceptors (Lipinski definition) is 7. The molecule has 6 aromatic rings. The molecule has 0 spiro atoms. The van der Waals surface area contributed by atoms with Gasteiger partial charge < -0.3 is 19.8 Å². The van der Waals surface area contributed by atoms with Crippen molar-refractivity contribution in [3.05, 3.63) is 111 Å². The van der Waals surface area contributed by atoms with Gasteiger partial charge in [-0.1, -0.05) is 29.8 Å². The van der Waals surface area contributed by atoms with Gasteiger partial charge in [0.1, 0.15) is 18.2 Å². The first-order valence-corrected chi connectivity index (χ1v) is 18.1. The number of hydrogen-bond donors (Lipinski definition) is 3. The SMILES string of the molecule is C[C@@H]1CCO1.Cc1cc(NC=O)c(F)c2c(C)[nH]nc12.Cc1ccc2nc(CN3CCC(c4cccc(OCc5ccc(Cl)cc5F)n4)CC3)[nH]c2c1. The highest BCUT2D eigenvalue weighted by Gasteiger charge is 2.23. The summed E-state index contributed by atoms with van der Waals surface area (Å²) in [6, 6.07) is 18.3. The Bertz CT molecular complexity index is 2180. The van der Waals surface area contributed by atoms with Crippen LogP contribution >= 0.6 is 11.6 Å². The maximum Gasteiger partial charge on any atom is 0.213 e. The molecule has 2 aliphatic rings. The lowest BCUT2D eigenvalue weighted by Crippen LogP contribution is -2.33. The number of piperidine rings is 1. The van der Waals surface area contributed by atoms with Crippen molar-refractivity contribution >= 4 is 45.6 Å². The number of anilines is 1. The van der Waals surface area contributed by atoms with Crippen molar-refractivity contribution in [3.8, 4) is 5.88 Å². The average Bonchev–Trinajstić information content (AvgIpc) is 3.73. The van der Waals surface area contributed by atoms with E-state index in [0.717, 1.165) is 67.2 Å². The number of aromatic amines is 2. The number of nitrogens with zero attached hydrogens (tertiary/aromatic N) is 4. The predicted octanol–water partition coefficient (Wildman–Crippen LogP) is 8.70. The first kappa shape index (κ1) is 37.8. The molecule has 1 amide bonds. The fraction of sp³-hybridized carbons (Fsp3) is 0.350. The summed E-state index contributed by atoms with van der Waals surface area (Å²) in [5.41, 5.74) is 7.09. The molecule has 278 valence electrons. The minimum atomic E-state index is -0.450. The van der Waals surface area contributed by atoms with E-state index < -0.39 is 5.82 Å². The summed E-state index contributed by atoms with van der Waals surface area (Å²) in [7, 11) is 0. The standard InChI is InChI=1S/C26H26ClFN4O.C10H10FN3O.C4H8O/c1-17-5-8-23-24(13-17)30-25(29-23)15-32-11-9-18(10-12-32)22-3-2-4-26(31-22)33-16-19-6-7-20(27)14-21(19)28;1-5-3-7(12-4-15)9(11)8-6(2)13-14-10(5)8;1-4-2-3-5-4/h2-8,13-14,18H,9-12,15-16H2,1H3,(H,29,30);3-4H,1-2H3,(H,12,15)(H,13,14);4H,2-3H2,1H3/t;;4-/m..1/s1. The summed E-state index contributed by atoms with van der Waals surface area (Å²) in [4.78, 5) is 25.6. The van der Waals surface area contributed by atoms with Crippen LogP contribution in [0.15, 0.2) is 60.7 Å². The summed E-state index contributed by atoms with van der Waals surface area (Å²) in [6.07, 6.45) is 4.34. The van der Waals surface area contributed by atoms with Gasteiger partial charge in [-0.25, -0.2) is 18.7 Å². The Balaban J connectivity index is 0.000000197. The molecule has 0 aliphatic carbocycles.